The van der Waals surface area contributed by atoms with E-state index in [2.05, 4.69) is 14.9 Å². The Balaban J connectivity index is 1.54. The van der Waals surface area contributed by atoms with Crippen molar-refractivity contribution < 1.29 is 14.7 Å². The monoisotopic (exact) mass is 370 g/mol. The van der Waals surface area contributed by atoms with Crippen molar-refractivity contribution in [2.45, 2.75) is 44.2 Å². The van der Waals surface area contributed by atoms with E-state index in [0.717, 1.165) is 18.4 Å². The lowest BCUT2D eigenvalue weighted by Gasteiger charge is -2.33. The number of amides is 2. The van der Waals surface area contributed by atoms with Crippen molar-refractivity contribution in [1.29, 1.82) is 0 Å². The molecule has 144 valence electrons. The zero-order chi connectivity index (χ0) is 19.1. The zero-order valence-corrected chi connectivity index (χ0v) is 15.3. The number of aromatic nitrogens is 2. The molecule has 2 aromatic rings. The summed E-state index contributed by atoms with van der Waals surface area (Å²) in [5.74, 6) is -0.844. The number of rotatable bonds is 7. The predicted octanol–water partition coefficient (Wildman–Crippen LogP) is 2.71. The lowest BCUT2D eigenvalue weighted by Crippen LogP contribution is -2.48. The van der Waals surface area contributed by atoms with Crippen molar-refractivity contribution in [2.24, 2.45) is 0 Å². The van der Waals surface area contributed by atoms with Gasteiger partial charge in [0.1, 0.15) is 0 Å². The molecule has 1 atom stereocenters. The van der Waals surface area contributed by atoms with Gasteiger partial charge >= 0.3 is 12.0 Å². The van der Waals surface area contributed by atoms with E-state index in [1.807, 2.05) is 47.8 Å². The standard InChI is InChI=1S/C20H26N4O3/c25-19(26)7-6-17(14-16-4-2-1-3-5-16)22-20(27)23-11-8-18(9-12-23)24-13-10-21-15-24/h1-5,10,13,15,17-18H,6-9,11-12,14H2,(H,22,27)(H,25,26). The molecule has 2 N–H and O–H groups in total. The average Bonchev–Trinajstić information content (AvgIpc) is 3.22. The third-order valence-corrected chi connectivity index (χ3v) is 5.06. The largest absolute Gasteiger partial charge is 0.481 e. The fourth-order valence-corrected chi connectivity index (χ4v) is 3.54. The van der Waals surface area contributed by atoms with Gasteiger partial charge in [0.05, 0.1) is 6.33 Å². The zero-order valence-electron chi connectivity index (χ0n) is 15.3. The molecule has 27 heavy (non-hydrogen) atoms. The Kier molecular flexibility index (Phi) is 6.46. The maximum absolute atomic E-state index is 12.7. The summed E-state index contributed by atoms with van der Waals surface area (Å²) in [7, 11) is 0. The molecule has 3 rings (SSSR count). The van der Waals surface area contributed by atoms with Crippen molar-refractivity contribution >= 4 is 12.0 Å². The van der Waals surface area contributed by atoms with Gasteiger partial charge in [-0.2, -0.15) is 0 Å². The Morgan fingerprint density at radius 3 is 2.59 bits per heavy atom. The molecule has 2 heterocycles. The molecule has 7 heteroatoms. The van der Waals surface area contributed by atoms with Crippen LogP contribution < -0.4 is 5.32 Å². The molecule has 7 nitrogen and oxygen atoms in total. The number of imidazole rings is 1. The first-order valence-electron chi connectivity index (χ1n) is 9.40. The number of aliphatic carboxylic acids is 1. The van der Waals surface area contributed by atoms with Gasteiger partial charge in [-0.05, 0) is 31.2 Å². The Hall–Kier alpha value is -2.83. The Morgan fingerprint density at radius 1 is 1.22 bits per heavy atom. The van der Waals surface area contributed by atoms with Gasteiger partial charge in [0.2, 0.25) is 0 Å². The first-order chi connectivity index (χ1) is 13.1. The van der Waals surface area contributed by atoms with E-state index in [1.54, 1.807) is 6.20 Å². The fourth-order valence-electron chi connectivity index (χ4n) is 3.54. The molecular formula is C20H26N4O3. The number of carbonyl (C=O) groups is 2. The van der Waals surface area contributed by atoms with Crippen molar-refractivity contribution in [2.75, 3.05) is 13.1 Å². The van der Waals surface area contributed by atoms with E-state index in [0.29, 0.717) is 32.0 Å². The SMILES string of the molecule is O=C(O)CCC(Cc1ccccc1)NC(=O)N1CCC(n2ccnc2)CC1. The second-order valence-electron chi connectivity index (χ2n) is 7.00. The molecule has 1 aromatic carbocycles. The van der Waals surface area contributed by atoms with Crippen molar-refractivity contribution in [3.63, 3.8) is 0 Å². The summed E-state index contributed by atoms with van der Waals surface area (Å²) < 4.78 is 2.10. The molecule has 1 unspecified atom stereocenters. The number of nitrogens with one attached hydrogen (secondary N) is 1. The van der Waals surface area contributed by atoms with Gasteiger partial charge in [0.15, 0.2) is 0 Å². The van der Waals surface area contributed by atoms with E-state index < -0.39 is 5.97 Å². The number of carboxylic acid groups (broad SMARTS) is 1. The van der Waals surface area contributed by atoms with Crippen molar-refractivity contribution in [3.05, 3.63) is 54.6 Å². The molecule has 1 aliphatic rings. The lowest BCUT2D eigenvalue weighted by molar-refractivity contribution is -0.137. The summed E-state index contributed by atoms with van der Waals surface area (Å²) in [4.78, 5) is 29.6. The summed E-state index contributed by atoms with van der Waals surface area (Å²) in [6, 6.07) is 9.92. The first-order valence-corrected chi connectivity index (χ1v) is 9.40. The number of urea groups is 1. The highest BCUT2D eigenvalue weighted by Crippen LogP contribution is 2.22. The van der Waals surface area contributed by atoms with Crippen LogP contribution >= 0.6 is 0 Å². The molecule has 0 aliphatic carbocycles. The summed E-state index contributed by atoms with van der Waals surface area (Å²) in [6.45, 7) is 1.37. The minimum absolute atomic E-state index is 0.0421. The van der Waals surface area contributed by atoms with Gasteiger partial charge in [-0.25, -0.2) is 9.78 Å². The Labute approximate surface area is 159 Å². The molecule has 0 spiro atoms. The van der Waals surface area contributed by atoms with Crippen LogP contribution in [0.3, 0.4) is 0 Å². The number of carbonyl (C=O) groups excluding carboxylic acids is 1. The molecule has 0 saturated carbocycles. The Morgan fingerprint density at radius 2 is 1.96 bits per heavy atom. The normalized spacial score (nSPS) is 16.1. The first kappa shape index (κ1) is 18.9. The highest BCUT2D eigenvalue weighted by Gasteiger charge is 2.25. The van der Waals surface area contributed by atoms with E-state index in [-0.39, 0.29) is 18.5 Å². The van der Waals surface area contributed by atoms with Gasteiger partial charge in [0, 0.05) is 44.0 Å². The number of hydrogen-bond acceptors (Lipinski definition) is 3. The molecular weight excluding hydrogens is 344 g/mol. The van der Waals surface area contributed by atoms with Crippen LogP contribution in [-0.4, -0.2) is 50.7 Å². The fraction of sp³-hybridized carbons (Fsp3) is 0.450. The molecule has 2 amide bonds. The van der Waals surface area contributed by atoms with E-state index in [1.165, 1.54) is 0 Å². The van der Waals surface area contributed by atoms with Gasteiger partial charge < -0.3 is 19.9 Å². The molecule has 1 aromatic heterocycles. The summed E-state index contributed by atoms with van der Waals surface area (Å²) in [6.07, 6.45) is 8.43. The van der Waals surface area contributed by atoms with E-state index >= 15 is 0 Å². The Bertz CT molecular complexity index is 725. The second kappa shape index (κ2) is 9.21. The highest BCUT2D eigenvalue weighted by atomic mass is 16.4. The van der Waals surface area contributed by atoms with Crippen LogP contribution in [0.2, 0.25) is 0 Å². The molecule has 0 radical (unpaired) electrons. The van der Waals surface area contributed by atoms with Crippen LogP contribution in [0.1, 0.15) is 37.3 Å². The van der Waals surface area contributed by atoms with Crippen LogP contribution in [0.25, 0.3) is 0 Å². The van der Waals surface area contributed by atoms with Crippen LogP contribution in [0.5, 0.6) is 0 Å². The second-order valence-corrected chi connectivity index (χ2v) is 7.00. The number of likely N-dealkylation sites (tertiary alicyclic amines) is 1. The summed E-state index contributed by atoms with van der Waals surface area (Å²) in [5.41, 5.74) is 1.09. The van der Waals surface area contributed by atoms with Gasteiger partial charge in [-0.1, -0.05) is 30.3 Å². The molecule has 1 aliphatic heterocycles. The maximum Gasteiger partial charge on any atom is 0.317 e. The van der Waals surface area contributed by atoms with Crippen LogP contribution in [0.15, 0.2) is 49.1 Å². The third-order valence-electron chi connectivity index (χ3n) is 5.06. The van der Waals surface area contributed by atoms with Crippen LogP contribution in [0.4, 0.5) is 4.79 Å². The van der Waals surface area contributed by atoms with Crippen LogP contribution in [0, 0.1) is 0 Å². The summed E-state index contributed by atoms with van der Waals surface area (Å²) in [5, 5.41) is 12.0. The number of piperidine rings is 1. The van der Waals surface area contributed by atoms with Crippen LogP contribution in [-0.2, 0) is 11.2 Å². The molecule has 1 saturated heterocycles. The van der Waals surface area contributed by atoms with Gasteiger partial charge in [-0.3, -0.25) is 4.79 Å². The smallest absolute Gasteiger partial charge is 0.317 e. The number of nitrogens with zero attached hydrogens (tertiary/aromatic N) is 3. The summed E-state index contributed by atoms with van der Waals surface area (Å²) >= 11 is 0. The minimum Gasteiger partial charge on any atom is -0.481 e. The highest BCUT2D eigenvalue weighted by molar-refractivity contribution is 5.75. The molecule has 0 bridgehead atoms. The third kappa shape index (κ3) is 5.57. The number of carboxylic acids is 1. The van der Waals surface area contributed by atoms with Crippen molar-refractivity contribution in [1.82, 2.24) is 19.8 Å². The average molecular weight is 370 g/mol. The number of benzene rings is 1. The topological polar surface area (TPSA) is 87.5 Å². The van der Waals surface area contributed by atoms with Crippen molar-refractivity contribution in [3.8, 4) is 0 Å². The van der Waals surface area contributed by atoms with Gasteiger partial charge in [0.25, 0.3) is 0 Å². The predicted molar refractivity (Wildman–Crippen MR) is 101 cm³/mol. The minimum atomic E-state index is -0.844. The van der Waals surface area contributed by atoms with E-state index in [4.69, 9.17) is 5.11 Å². The van der Waals surface area contributed by atoms with E-state index in [9.17, 15) is 9.59 Å². The maximum atomic E-state index is 12.7. The van der Waals surface area contributed by atoms with Gasteiger partial charge in [-0.15, -0.1) is 0 Å². The number of hydrogen-bond donors (Lipinski definition) is 2. The molecule has 1 fully saturated rings. The lowest BCUT2D eigenvalue weighted by atomic mass is 10.0. The quantitative estimate of drug-likeness (QED) is 0.784.